The molecule has 0 amide bonds. The fourth-order valence-electron chi connectivity index (χ4n) is 0.253. The SMILES string of the molecule is C=C(N)C(N)=C(C)N. The molecule has 0 spiro atoms. The molecule has 0 radical (unpaired) electrons. The van der Waals surface area contributed by atoms with Gasteiger partial charge in [-0.05, 0) is 6.92 Å². The van der Waals surface area contributed by atoms with Crippen LogP contribution < -0.4 is 17.2 Å². The number of rotatable bonds is 1. The predicted molar refractivity (Wildman–Crippen MR) is 34.4 cm³/mol. The van der Waals surface area contributed by atoms with Gasteiger partial charge in [0.2, 0.25) is 0 Å². The number of hydrogen-bond donors (Lipinski definition) is 3. The highest BCUT2D eigenvalue weighted by Gasteiger charge is 1.91. The van der Waals surface area contributed by atoms with Gasteiger partial charge < -0.3 is 17.2 Å². The van der Waals surface area contributed by atoms with E-state index in [9.17, 15) is 0 Å². The summed E-state index contributed by atoms with van der Waals surface area (Å²) >= 11 is 0. The van der Waals surface area contributed by atoms with E-state index in [1.54, 1.807) is 6.92 Å². The Morgan fingerprint density at radius 3 is 1.62 bits per heavy atom. The smallest absolute Gasteiger partial charge is 0.0729 e. The molecule has 0 bridgehead atoms. The molecule has 0 unspecified atom stereocenters. The Balaban J connectivity index is 4.23. The third-order valence-electron chi connectivity index (χ3n) is 0.771. The van der Waals surface area contributed by atoms with Gasteiger partial charge in [0.25, 0.3) is 0 Å². The molecule has 0 saturated heterocycles. The van der Waals surface area contributed by atoms with Crippen molar-refractivity contribution < 1.29 is 0 Å². The van der Waals surface area contributed by atoms with Crippen LogP contribution in [-0.4, -0.2) is 0 Å². The molecule has 0 aromatic heterocycles. The van der Waals surface area contributed by atoms with E-state index < -0.39 is 0 Å². The van der Waals surface area contributed by atoms with Crippen molar-refractivity contribution in [3.8, 4) is 0 Å². The molecule has 0 aliphatic heterocycles. The first-order chi connectivity index (χ1) is 3.55. The fraction of sp³-hybridized carbons (Fsp3) is 0.200. The summed E-state index contributed by atoms with van der Waals surface area (Å²) < 4.78 is 0. The van der Waals surface area contributed by atoms with Crippen molar-refractivity contribution in [3.05, 3.63) is 23.7 Å². The first-order valence-electron chi connectivity index (χ1n) is 2.22. The highest BCUT2D eigenvalue weighted by molar-refractivity contribution is 5.24. The molecule has 0 fully saturated rings. The molecule has 3 nitrogen and oxygen atoms in total. The van der Waals surface area contributed by atoms with E-state index in [-0.39, 0.29) is 0 Å². The second kappa shape index (κ2) is 2.26. The second-order valence-electron chi connectivity index (χ2n) is 1.62. The van der Waals surface area contributed by atoms with Crippen LogP contribution in [0.15, 0.2) is 23.7 Å². The minimum absolute atomic E-state index is 0.324. The first kappa shape index (κ1) is 6.88. The van der Waals surface area contributed by atoms with Crippen molar-refractivity contribution in [2.45, 2.75) is 6.92 Å². The van der Waals surface area contributed by atoms with Gasteiger partial charge in [-0.2, -0.15) is 0 Å². The van der Waals surface area contributed by atoms with Crippen molar-refractivity contribution in [1.82, 2.24) is 0 Å². The predicted octanol–water partition coefficient (Wildman–Crippen LogP) is -0.392. The molecule has 0 aliphatic carbocycles. The Morgan fingerprint density at radius 2 is 1.62 bits per heavy atom. The topological polar surface area (TPSA) is 78.1 Å². The van der Waals surface area contributed by atoms with Crippen LogP contribution >= 0.6 is 0 Å². The Bertz CT molecular complexity index is 131. The maximum atomic E-state index is 5.29. The van der Waals surface area contributed by atoms with Crippen LogP contribution in [0.5, 0.6) is 0 Å². The van der Waals surface area contributed by atoms with E-state index in [0.29, 0.717) is 17.1 Å². The van der Waals surface area contributed by atoms with Crippen molar-refractivity contribution in [3.63, 3.8) is 0 Å². The molecule has 0 aromatic rings. The van der Waals surface area contributed by atoms with Crippen molar-refractivity contribution in [1.29, 1.82) is 0 Å². The molecule has 46 valence electrons. The number of hydrogen-bond acceptors (Lipinski definition) is 3. The summed E-state index contributed by atoms with van der Waals surface area (Å²) in [5.74, 6) is 0. The fourth-order valence-corrected chi connectivity index (χ4v) is 0.253. The standard InChI is InChI=1S/C5H11N3/c1-3(6)5(8)4(2)7/h1,6-8H2,2H3. The van der Waals surface area contributed by atoms with Gasteiger partial charge in [0.15, 0.2) is 0 Å². The Labute approximate surface area is 48.8 Å². The van der Waals surface area contributed by atoms with Crippen molar-refractivity contribution >= 4 is 0 Å². The lowest BCUT2D eigenvalue weighted by molar-refractivity contribution is 1.15. The van der Waals surface area contributed by atoms with E-state index in [2.05, 4.69) is 6.58 Å². The van der Waals surface area contributed by atoms with Crippen molar-refractivity contribution in [2.24, 2.45) is 17.2 Å². The lowest BCUT2D eigenvalue weighted by atomic mass is 10.3. The van der Waals surface area contributed by atoms with Crippen LogP contribution in [0.1, 0.15) is 6.92 Å². The highest BCUT2D eigenvalue weighted by Crippen LogP contribution is 1.93. The third-order valence-corrected chi connectivity index (χ3v) is 0.771. The van der Waals surface area contributed by atoms with Gasteiger partial charge in [-0.3, -0.25) is 0 Å². The molecule has 0 aromatic carbocycles. The summed E-state index contributed by atoms with van der Waals surface area (Å²) in [5.41, 5.74) is 16.9. The third kappa shape index (κ3) is 1.55. The first-order valence-corrected chi connectivity index (χ1v) is 2.22. The van der Waals surface area contributed by atoms with Crippen LogP contribution in [-0.2, 0) is 0 Å². The summed E-state index contributed by atoms with van der Waals surface area (Å²) in [7, 11) is 0. The van der Waals surface area contributed by atoms with E-state index in [0.717, 1.165) is 0 Å². The molecular formula is C5H11N3. The zero-order valence-electron chi connectivity index (χ0n) is 4.94. The summed E-state index contributed by atoms with van der Waals surface area (Å²) in [6, 6.07) is 0. The number of nitrogens with two attached hydrogens (primary N) is 3. The van der Waals surface area contributed by atoms with Gasteiger partial charge in [-0.15, -0.1) is 0 Å². The van der Waals surface area contributed by atoms with Gasteiger partial charge in [0, 0.05) is 11.4 Å². The summed E-state index contributed by atoms with van der Waals surface area (Å²) in [6.07, 6.45) is 0. The van der Waals surface area contributed by atoms with E-state index in [4.69, 9.17) is 17.2 Å². The minimum atomic E-state index is 0.324. The molecular weight excluding hydrogens is 102 g/mol. The van der Waals surface area contributed by atoms with Crippen LogP contribution in [0.4, 0.5) is 0 Å². The molecule has 0 saturated carbocycles. The molecule has 3 heteroatoms. The second-order valence-corrected chi connectivity index (χ2v) is 1.62. The summed E-state index contributed by atoms with van der Waals surface area (Å²) in [6.45, 7) is 5.07. The number of allylic oxidation sites excluding steroid dienone is 1. The van der Waals surface area contributed by atoms with Gasteiger partial charge in [0.05, 0.1) is 5.70 Å². The van der Waals surface area contributed by atoms with Crippen LogP contribution in [0.25, 0.3) is 0 Å². The average Bonchev–Trinajstić information content (AvgIpc) is 1.64. The van der Waals surface area contributed by atoms with Crippen LogP contribution in [0.2, 0.25) is 0 Å². The average molecular weight is 113 g/mol. The summed E-state index contributed by atoms with van der Waals surface area (Å²) in [4.78, 5) is 0. The Morgan fingerprint density at radius 1 is 1.25 bits per heavy atom. The lowest BCUT2D eigenvalue weighted by Crippen LogP contribution is -2.13. The molecule has 6 N–H and O–H groups in total. The zero-order valence-corrected chi connectivity index (χ0v) is 4.94. The lowest BCUT2D eigenvalue weighted by Gasteiger charge is -1.99. The van der Waals surface area contributed by atoms with E-state index in [1.807, 2.05) is 0 Å². The van der Waals surface area contributed by atoms with Crippen molar-refractivity contribution in [2.75, 3.05) is 0 Å². The largest absolute Gasteiger partial charge is 0.401 e. The van der Waals surface area contributed by atoms with Gasteiger partial charge in [-0.1, -0.05) is 6.58 Å². The maximum Gasteiger partial charge on any atom is 0.0729 e. The van der Waals surface area contributed by atoms with Gasteiger partial charge in [-0.25, -0.2) is 0 Å². The zero-order chi connectivity index (χ0) is 6.73. The van der Waals surface area contributed by atoms with E-state index in [1.165, 1.54) is 0 Å². The monoisotopic (exact) mass is 113 g/mol. The Hall–Kier alpha value is -1.12. The molecule has 0 heterocycles. The summed E-state index contributed by atoms with van der Waals surface area (Å²) in [5, 5.41) is 0. The van der Waals surface area contributed by atoms with Crippen LogP contribution in [0.3, 0.4) is 0 Å². The molecule has 0 aliphatic rings. The van der Waals surface area contributed by atoms with Crippen LogP contribution in [0, 0.1) is 0 Å². The normalized spacial score (nSPS) is 12.6. The molecule has 0 atom stereocenters. The maximum absolute atomic E-state index is 5.29. The van der Waals surface area contributed by atoms with Gasteiger partial charge >= 0.3 is 0 Å². The minimum Gasteiger partial charge on any atom is -0.401 e. The molecule has 8 heavy (non-hydrogen) atoms. The quantitative estimate of drug-likeness (QED) is 0.405. The Kier molecular flexibility index (Phi) is 1.94. The molecule has 0 rings (SSSR count). The highest BCUT2D eigenvalue weighted by atomic mass is 14.7. The van der Waals surface area contributed by atoms with Gasteiger partial charge in [0.1, 0.15) is 0 Å². The van der Waals surface area contributed by atoms with E-state index >= 15 is 0 Å².